The summed E-state index contributed by atoms with van der Waals surface area (Å²) in [7, 11) is 0. The number of benzene rings is 8. The second-order valence-corrected chi connectivity index (χ2v) is 16.2. The van der Waals surface area contributed by atoms with Gasteiger partial charge in [-0.1, -0.05) is 121 Å². The van der Waals surface area contributed by atoms with Crippen LogP contribution in [-0.4, -0.2) is 19.1 Å². The summed E-state index contributed by atoms with van der Waals surface area (Å²) in [6.45, 7) is 8.68. The summed E-state index contributed by atoms with van der Waals surface area (Å²) >= 11 is 1.76. The average molecular weight is 795 g/mol. The van der Waals surface area contributed by atoms with Gasteiger partial charge >= 0.3 is 0 Å². The van der Waals surface area contributed by atoms with Crippen LogP contribution in [0.1, 0.15) is 5.56 Å². The number of thiophene rings is 1. The van der Waals surface area contributed by atoms with Crippen LogP contribution in [0.5, 0.6) is 0 Å². The van der Waals surface area contributed by atoms with Gasteiger partial charge in [0.1, 0.15) is 11.6 Å². The Kier molecular flexibility index (Phi) is 7.73. The van der Waals surface area contributed by atoms with Crippen molar-refractivity contribution in [2.45, 2.75) is 0 Å². The lowest BCUT2D eigenvalue weighted by atomic mass is 9.99. The van der Waals surface area contributed by atoms with Crippen molar-refractivity contribution in [1.82, 2.24) is 19.1 Å². The molecular formula is C54H30N6S. The Morgan fingerprint density at radius 2 is 1.07 bits per heavy atom. The minimum atomic E-state index is 0.353. The van der Waals surface area contributed by atoms with E-state index in [4.69, 9.17) is 16.5 Å². The first-order chi connectivity index (χ1) is 30.2. The van der Waals surface area contributed by atoms with Crippen molar-refractivity contribution in [3.63, 3.8) is 0 Å². The highest BCUT2D eigenvalue weighted by molar-refractivity contribution is 7.25. The minimum absolute atomic E-state index is 0.353. The standard InChI is InChI=1S/C54H30N6S/c1-56-44-31-34(51-43(32-55)50(33-14-4-2-5-15-33)57-54(58-51)35-25-29-49-42(30-35)39-20-10-13-23-48(39)61-49)24-28-47(44)60-46-22-12-9-19-38(46)41-27-26-40-37-18-8-11-21-45(37)59(52(40)53(41)60)36-16-6-3-7-17-36/h2-31H. The van der Waals surface area contributed by atoms with E-state index in [2.05, 4.69) is 147 Å². The van der Waals surface area contributed by atoms with E-state index in [9.17, 15) is 5.26 Å². The molecule has 0 saturated carbocycles. The van der Waals surface area contributed by atoms with Crippen molar-refractivity contribution in [2.75, 3.05) is 0 Å². The van der Waals surface area contributed by atoms with Crippen LogP contribution >= 0.6 is 11.3 Å². The molecule has 0 spiro atoms. The van der Waals surface area contributed by atoms with Crippen molar-refractivity contribution in [3.8, 4) is 51.3 Å². The van der Waals surface area contributed by atoms with Gasteiger partial charge in [0.05, 0.1) is 45.7 Å². The van der Waals surface area contributed by atoms with Crippen LogP contribution in [0.4, 0.5) is 5.69 Å². The maximum absolute atomic E-state index is 10.9. The van der Waals surface area contributed by atoms with Gasteiger partial charge in [-0.15, -0.1) is 11.3 Å². The molecule has 0 unspecified atom stereocenters. The number of nitrogens with zero attached hydrogens (tertiary/aromatic N) is 6. The third-order valence-corrected chi connectivity index (χ3v) is 12.9. The van der Waals surface area contributed by atoms with Crippen molar-refractivity contribution in [2.24, 2.45) is 0 Å². The molecule has 0 aliphatic carbocycles. The van der Waals surface area contributed by atoms with E-state index in [0.717, 1.165) is 71.5 Å². The fraction of sp³-hybridized carbons (Fsp3) is 0. The molecule has 0 amide bonds. The van der Waals surface area contributed by atoms with Gasteiger partial charge in [-0.05, 0) is 66.2 Å². The summed E-state index contributed by atoms with van der Waals surface area (Å²) in [4.78, 5) is 14.5. The Labute approximate surface area is 353 Å². The van der Waals surface area contributed by atoms with Gasteiger partial charge in [-0.3, -0.25) is 0 Å². The highest BCUT2D eigenvalue weighted by atomic mass is 32.1. The maximum Gasteiger partial charge on any atom is 0.211 e. The zero-order valence-corrected chi connectivity index (χ0v) is 33.2. The second-order valence-electron chi connectivity index (χ2n) is 15.1. The first-order valence-corrected chi connectivity index (χ1v) is 20.8. The number of fused-ring (bicyclic) bond motifs is 10. The van der Waals surface area contributed by atoms with Gasteiger partial charge in [0.2, 0.25) is 5.69 Å². The quantitative estimate of drug-likeness (QED) is 0.163. The summed E-state index contributed by atoms with van der Waals surface area (Å²) in [6.07, 6.45) is 0. The van der Waals surface area contributed by atoms with Gasteiger partial charge in [0.15, 0.2) is 5.82 Å². The zero-order valence-electron chi connectivity index (χ0n) is 32.4. The molecule has 12 rings (SSSR count). The highest BCUT2D eigenvalue weighted by Crippen LogP contribution is 2.44. The van der Waals surface area contributed by atoms with Crippen LogP contribution in [0.25, 0.3) is 114 Å². The summed E-state index contributed by atoms with van der Waals surface area (Å²) in [5.74, 6) is 0.511. The third-order valence-electron chi connectivity index (χ3n) is 11.8. The van der Waals surface area contributed by atoms with E-state index >= 15 is 0 Å². The summed E-state index contributed by atoms with van der Waals surface area (Å²) in [6, 6.07) is 64.8. The first-order valence-electron chi connectivity index (χ1n) is 20.0. The van der Waals surface area contributed by atoms with Gasteiger partial charge in [0, 0.05) is 58.5 Å². The first kappa shape index (κ1) is 34.7. The minimum Gasteiger partial charge on any atom is -0.317 e. The Morgan fingerprint density at radius 1 is 0.492 bits per heavy atom. The number of aromatic nitrogens is 4. The summed E-state index contributed by atoms with van der Waals surface area (Å²) < 4.78 is 7.00. The lowest BCUT2D eigenvalue weighted by molar-refractivity contribution is 1.15. The van der Waals surface area contributed by atoms with E-state index in [1.807, 2.05) is 54.6 Å². The topological polar surface area (TPSA) is 63.8 Å². The predicted molar refractivity (Wildman–Crippen MR) is 251 cm³/mol. The van der Waals surface area contributed by atoms with Gasteiger partial charge < -0.3 is 9.13 Å². The molecule has 8 aromatic carbocycles. The van der Waals surface area contributed by atoms with Crippen molar-refractivity contribution < 1.29 is 0 Å². The lowest BCUT2D eigenvalue weighted by Crippen LogP contribution is -2.02. The van der Waals surface area contributed by atoms with Crippen LogP contribution in [0, 0.1) is 17.9 Å². The molecule has 6 nitrogen and oxygen atoms in total. The monoisotopic (exact) mass is 794 g/mol. The van der Waals surface area contributed by atoms with E-state index in [-0.39, 0.29) is 0 Å². The molecule has 0 N–H and O–H groups in total. The summed E-state index contributed by atoms with van der Waals surface area (Å²) in [5, 5.41) is 17.7. The smallest absolute Gasteiger partial charge is 0.211 e. The fourth-order valence-corrected chi connectivity index (χ4v) is 10.2. The van der Waals surface area contributed by atoms with Crippen LogP contribution in [-0.2, 0) is 0 Å². The van der Waals surface area contributed by atoms with Gasteiger partial charge in [0.25, 0.3) is 0 Å². The molecule has 4 heterocycles. The molecule has 0 aliphatic heterocycles. The Bertz CT molecular complexity index is 3840. The molecule has 0 fully saturated rings. The molecule has 0 radical (unpaired) electrons. The molecule has 282 valence electrons. The molecule has 4 aromatic heterocycles. The normalized spacial score (nSPS) is 11.6. The number of hydrogen-bond acceptors (Lipinski definition) is 4. The molecule has 7 heteroatoms. The Balaban J connectivity index is 1.12. The SMILES string of the molecule is [C-]#[N+]c1cc(-c2nc(-c3ccc4sc5ccccc5c4c3)nc(-c3ccccc3)c2C#N)ccc1-n1c2ccccc2c2ccc3c4ccccc4n(-c4ccccc4)c3c21. The van der Waals surface area contributed by atoms with E-state index in [1.54, 1.807) is 11.3 Å². The van der Waals surface area contributed by atoms with E-state index in [0.29, 0.717) is 34.0 Å². The van der Waals surface area contributed by atoms with Crippen molar-refractivity contribution in [1.29, 1.82) is 5.26 Å². The largest absolute Gasteiger partial charge is 0.317 e. The third kappa shape index (κ3) is 5.25. The fourth-order valence-electron chi connectivity index (χ4n) is 9.12. The van der Waals surface area contributed by atoms with Crippen LogP contribution in [0.15, 0.2) is 182 Å². The number of rotatable bonds is 5. The lowest BCUT2D eigenvalue weighted by Gasteiger charge is -2.16. The van der Waals surface area contributed by atoms with E-state index in [1.165, 1.54) is 14.8 Å². The zero-order chi connectivity index (χ0) is 40.6. The number of para-hydroxylation sites is 3. The van der Waals surface area contributed by atoms with Gasteiger partial charge in [-0.25, -0.2) is 14.8 Å². The molecule has 61 heavy (non-hydrogen) atoms. The maximum atomic E-state index is 10.9. The number of nitriles is 1. The molecule has 12 aromatic rings. The predicted octanol–water partition coefficient (Wildman–Crippen LogP) is 14.5. The van der Waals surface area contributed by atoms with Crippen LogP contribution < -0.4 is 0 Å². The van der Waals surface area contributed by atoms with E-state index < -0.39 is 0 Å². The highest BCUT2D eigenvalue weighted by Gasteiger charge is 2.24. The van der Waals surface area contributed by atoms with Crippen LogP contribution in [0.2, 0.25) is 0 Å². The Hall–Kier alpha value is -8.36. The molecule has 0 saturated heterocycles. The van der Waals surface area contributed by atoms with Crippen molar-refractivity contribution >= 4 is 80.8 Å². The Morgan fingerprint density at radius 3 is 1.77 bits per heavy atom. The molecule has 0 aliphatic rings. The summed E-state index contributed by atoms with van der Waals surface area (Å²) in [5.41, 5.74) is 10.1. The van der Waals surface area contributed by atoms with Crippen molar-refractivity contribution in [3.05, 3.63) is 199 Å². The average Bonchev–Trinajstić information content (AvgIpc) is 3.99. The second kappa shape index (κ2) is 13.6. The van der Waals surface area contributed by atoms with Gasteiger partial charge in [-0.2, -0.15) is 5.26 Å². The molecule has 0 atom stereocenters. The number of hydrogen-bond donors (Lipinski definition) is 0. The van der Waals surface area contributed by atoms with Crippen LogP contribution in [0.3, 0.4) is 0 Å². The molecular weight excluding hydrogens is 765 g/mol. The molecule has 0 bridgehead atoms.